The molecule has 6 heteroatoms. The lowest BCUT2D eigenvalue weighted by atomic mass is 10.1. The molecule has 0 aromatic heterocycles. The largest absolute Gasteiger partial charge is 0.497 e. The van der Waals surface area contributed by atoms with Gasteiger partial charge in [0, 0.05) is 6.07 Å². The van der Waals surface area contributed by atoms with E-state index < -0.39 is 4.92 Å². The van der Waals surface area contributed by atoms with Crippen LogP contribution in [0.2, 0.25) is 0 Å². The Bertz CT molecular complexity index is 619. The van der Waals surface area contributed by atoms with Gasteiger partial charge in [0.15, 0.2) is 5.75 Å². The van der Waals surface area contributed by atoms with Crippen molar-refractivity contribution in [1.29, 1.82) is 0 Å². The van der Waals surface area contributed by atoms with Crippen molar-refractivity contribution in [3.63, 3.8) is 0 Å². The molecule has 0 aliphatic rings. The van der Waals surface area contributed by atoms with Gasteiger partial charge in [-0.3, -0.25) is 10.1 Å². The summed E-state index contributed by atoms with van der Waals surface area (Å²) in [6.45, 7) is 0.0325. The van der Waals surface area contributed by atoms with E-state index in [2.05, 4.69) is 0 Å². The summed E-state index contributed by atoms with van der Waals surface area (Å²) in [5.41, 5.74) is 1.37. The van der Waals surface area contributed by atoms with Crippen LogP contribution in [0.3, 0.4) is 0 Å². The third kappa shape index (κ3) is 3.70. The molecular weight excluding hydrogens is 274 g/mol. The maximum atomic E-state index is 10.9. The fraction of sp³-hybridized carbons (Fsp3) is 0.200. The Hall–Kier alpha value is -2.60. The quantitative estimate of drug-likeness (QED) is 0.653. The van der Waals surface area contributed by atoms with Gasteiger partial charge < -0.3 is 14.6 Å². The van der Waals surface area contributed by atoms with Crippen LogP contribution in [0.15, 0.2) is 42.5 Å². The summed E-state index contributed by atoms with van der Waals surface area (Å²) in [4.78, 5) is 10.4. The van der Waals surface area contributed by atoms with Gasteiger partial charge in [0.1, 0.15) is 12.4 Å². The van der Waals surface area contributed by atoms with Crippen molar-refractivity contribution < 1.29 is 19.5 Å². The third-order valence-corrected chi connectivity index (χ3v) is 2.90. The summed E-state index contributed by atoms with van der Waals surface area (Å²) in [6.07, 6.45) is 0. The number of nitro groups is 1. The molecule has 0 heterocycles. The van der Waals surface area contributed by atoms with Gasteiger partial charge >= 0.3 is 5.69 Å². The number of rotatable bonds is 6. The van der Waals surface area contributed by atoms with Gasteiger partial charge in [-0.2, -0.15) is 0 Å². The highest BCUT2D eigenvalue weighted by Gasteiger charge is 2.13. The number of hydrogen-bond donors (Lipinski definition) is 1. The highest BCUT2D eigenvalue weighted by atomic mass is 16.6. The van der Waals surface area contributed by atoms with Crippen LogP contribution in [0.5, 0.6) is 11.5 Å². The zero-order valence-corrected chi connectivity index (χ0v) is 11.5. The minimum Gasteiger partial charge on any atom is -0.497 e. The smallest absolute Gasteiger partial charge is 0.310 e. The molecule has 0 unspecified atom stereocenters. The van der Waals surface area contributed by atoms with E-state index in [1.807, 2.05) is 0 Å². The maximum absolute atomic E-state index is 10.9. The molecule has 2 aromatic carbocycles. The van der Waals surface area contributed by atoms with E-state index in [0.29, 0.717) is 11.3 Å². The van der Waals surface area contributed by atoms with Crippen LogP contribution in [0.1, 0.15) is 11.1 Å². The molecule has 2 aromatic rings. The van der Waals surface area contributed by atoms with Gasteiger partial charge in [-0.25, -0.2) is 0 Å². The molecule has 0 atom stereocenters. The second kappa shape index (κ2) is 6.71. The molecule has 0 fully saturated rings. The number of ether oxygens (including phenoxy) is 2. The molecule has 21 heavy (non-hydrogen) atoms. The molecule has 0 spiro atoms. The molecule has 110 valence electrons. The first-order valence-corrected chi connectivity index (χ1v) is 6.28. The molecule has 1 N–H and O–H groups in total. The molecule has 0 amide bonds. The minimum atomic E-state index is -0.486. The van der Waals surface area contributed by atoms with E-state index in [4.69, 9.17) is 9.47 Å². The first-order chi connectivity index (χ1) is 10.1. The summed E-state index contributed by atoms with van der Waals surface area (Å²) in [7, 11) is 1.53. The van der Waals surface area contributed by atoms with E-state index >= 15 is 0 Å². The fourth-order valence-corrected chi connectivity index (χ4v) is 1.91. The normalized spacial score (nSPS) is 10.2. The highest BCUT2D eigenvalue weighted by molar-refractivity contribution is 5.46. The third-order valence-electron chi connectivity index (χ3n) is 2.90. The van der Waals surface area contributed by atoms with Crippen molar-refractivity contribution in [2.24, 2.45) is 0 Å². The molecule has 0 aliphatic carbocycles. The van der Waals surface area contributed by atoms with Gasteiger partial charge in [-0.05, 0) is 35.4 Å². The molecule has 0 saturated heterocycles. The van der Waals surface area contributed by atoms with Gasteiger partial charge in [0.25, 0.3) is 0 Å². The Morgan fingerprint density at radius 2 is 1.90 bits per heavy atom. The SMILES string of the molecule is COc1cc(CO)cc(COc2ccccc2[N+](=O)[O-])c1. The summed E-state index contributed by atoms with van der Waals surface area (Å²) < 4.78 is 10.6. The molecule has 6 nitrogen and oxygen atoms in total. The van der Waals surface area contributed by atoms with Gasteiger partial charge in [0.2, 0.25) is 0 Å². The maximum Gasteiger partial charge on any atom is 0.310 e. The zero-order valence-electron chi connectivity index (χ0n) is 11.5. The summed E-state index contributed by atoms with van der Waals surface area (Å²) in [5, 5.41) is 20.1. The second-order valence-corrected chi connectivity index (χ2v) is 4.36. The van der Waals surface area contributed by atoms with Crippen LogP contribution in [-0.2, 0) is 13.2 Å². The van der Waals surface area contributed by atoms with Crippen LogP contribution in [0, 0.1) is 10.1 Å². The Kier molecular flexibility index (Phi) is 4.73. The lowest BCUT2D eigenvalue weighted by molar-refractivity contribution is -0.385. The number of aliphatic hydroxyl groups excluding tert-OH is 1. The lowest BCUT2D eigenvalue weighted by Gasteiger charge is -2.10. The topological polar surface area (TPSA) is 81.8 Å². The highest BCUT2D eigenvalue weighted by Crippen LogP contribution is 2.27. The van der Waals surface area contributed by atoms with Gasteiger partial charge in [-0.1, -0.05) is 12.1 Å². The summed E-state index contributed by atoms with van der Waals surface area (Å²) in [5.74, 6) is 0.804. The van der Waals surface area contributed by atoms with Crippen LogP contribution < -0.4 is 9.47 Å². The number of benzene rings is 2. The number of aliphatic hydroxyl groups is 1. The van der Waals surface area contributed by atoms with Crippen LogP contribution >= 0.6 is 0 Å². The Labute approximate surface area is 121 Å². The van der Waals surface area contributed by atoms with Crippen molar-refractivity contribution in [3.8, 4) is 11.5 Å². The van der Waals surface area contributed by atoms with Crippen LogP contribution in [0.4, 0.5) is 5.69 Å². The predicted molar refractivity (Wildman–Crippen MR) is 76.3 cm³/mol. The lowest BCUT2D eigenvalue weighted by Crippen LogP contribution is -2.00. The van der Waals surface area contributed by atoms with E-state index in [0.717, 1.165) is 5.56 Å². The molecule has 2 rings (SSSR count). The molecule has 0 aliphatic heterocycles. The van der Waals surface area contributed by atoms with Gasteiger partial charge in [-0.15, -0.1) is 0 Å². The Morgan fingerprint density at radius 3 is 2.57 bits per heavy atom. The van der Waals surface area contributed by atoms with Crippen molar-refractivity contribution in [2.45, 2.75) is 13.2 Å². The van der Waals surface area contributed by atoms with E-state index in [1.165, 1.54) is 13.2 Å². The number of nitro benzene ring substituents is 1. The fourth-order valence-electron chi connectivity index (χ4n) is 1.91. The van der Waals surface area contributed by atoms with Crippen molar-refractivity contribution in [2.75, 3.05) is 7.11 Å². The number of para-hydroxylation sites is 2. The zero-order chi connectivity index (χ0) is 15.2. The van der Waals surface area contributed by atoms with Crippen LogP contribution in [-0.4, -0.2) is 17.1 Å². The van der Waals surface area contributed by atoms with E-state index in [9.17, 15) is 15.2 Å². The van der Waals surface area contributed by atoms with E-state index in [1.54, 1.807) is 36.4 Å². The number of hydrogen-bond acceptors (Lipinski definition) is 5. The monoisotopic (exact) mass is 289 g/mol. The average molecular weight is 289 g/mol. The number of methoxy groups -OCH3 is 1. The summed E-state index contributed by atoms with van der Waals surface area (Å²) >= 11 is 0. The van der Waals surface area contributed by atoms with Crippen LogP contribution in [0.25, 0.3) is 0 Å². The Morgan fingerprint density at radius 1 is 1.19 bits per heavy atom. The first kappa shape index (κ1) is 14.8. The molecular formula is C15H15NO5. The first-order valence-electron chi connectivity index (χ1n) is 6.28. The van der Waals surface area contributed by atoms with E-state index in [-0.39, 0.29) is 24.7 Å². The van der Waals surface area contributed by atoms with Crippen molar-refractivity contribution in [3.05, 3.63) is 63.7 Å². The predicted octanol–water partition coefficient (Wildman–Crippen LogP) is 2.67. The minimum absolute atomic E-state index is 0.0808. The molecule has 0 saturated carbocycles. The number of nitrogens with zero attached hydrogens (tertiary/aromatic N) is 1. The molecule has 0 bridgehead atoms. The van der Waals surface area contributed by atoms with Crippen molar-refractivity contribution >= 4 is 5.69 Å². The molecule has 0 radical (unpaired) electrons. The average Bonchev–Trinajstić information content (AvgIpc) is 2.52. The van der Waals surface area contributed by atoms with Crippen molar-refractivity contribution in [1.82, 2.24) is 0 Å². The Balaban J connectivity index is 2.18. The standard InChI is InChI=1S/C15H15NO5/c1-20-13-7-11(9-17)6-12(8-13)10-21-15-5-3-2-4-14(15)16(18)19/h2-8,17H,9-10H2,1H3. The van der Waals surface area contributed by atoms with Gasteiger partial charge in [0.05, 0.1) is 18.6 Å². The summed E-state index contributed by atoms with van der Waals surface area (Å²) in [6, 6.07) is 11.4. The second-order valence-electron chi connectivity index (χ2n) is 4.36.